The smallest absolute Gasteiger partial charge is 0.323 e. The van der Waals surface area contributed by atoms with Crippen molar-refractivity contribution in [3.8, 4) is 0 Å². The molecular weight excluding hydrogens is 284 g/mol. The van der Waals surface area contributed by atoms with Gasteiger partial charge in [-0.2, -0.15) is 0 Å². The van der Waals surface area contributed by atoms with Crippen molar-refractivity contribution in [3.63, 3.8) is 0 Å². The Hall–Kier alpha value is -2.25. The summed E-state index contributed by atoms with van der Waals surface area (Å²) in [5.41, 5.74) is 0.321. The fourth-order valence-electron chi connectivity index (χ4n) is 2.81. The molecule has 0 radical (unpaired) electrons. The molecule has 0 aliphatic carbocycles. The molecule has 0 spiro atoms. The number of nitrogens with one attached hydrogen (secondary N) is 2. The van der Waals surface area contributed by atoms with E-state index in [-0.39, 0.29) is 18.0 Å². The lowest BCUT2D eigenvalue weighted by Crippen LogP contribution is -2.32. The Bertz CT molecular complexity index is 748. The molecule has 1 aliphatic heterocycles. The molecule has 7 nitrogen and oxygen atoms in total. The van der Waals surface area contributed by atoms with E-state index in [1.165, 1.54) is 4.57 Å². The summed E-state index contributed by atoms with van der Waals surface area (Å²) in [6.07, 6.45) is 0.803. The maximum Gasteiger partial charge on any atom is 0.323 e. The lowest BCUT2D eigenvalue weighted by atomic mass is 10.0. The highest BCUT2D eigenvalue weighted by Crippen LogP contribution is 2.19. The van der Waals surface area contributed by atoms with Crippen molar-refractivity contribution in [2.24, 2.45) is 0 Å². The third kappa shape index (κ3) is 2.86. The fraction of sp³-hybridized carbons (Fsp3) is 0.400. The van der Waals surface area contributed by atoms with Gasteiger partial charge in [-0.1, -0.05) is 12.1 Å². The highest BCUT2D eigenvalue weighted by atomic mass is 16.4. The van der Waals surface area contributed by atoms with Crippen LogP contribution in [0.3, 0.4) is 0 Å². The summed E-state index contributed by atoms with van der Waals surface area (Å²) in [4.78, 5) is 28.4. The Morgan fingerprint density at radius 2 is 2.18 bits per heavy atom. The largest absolute Gasteiger partial charge is 0.480 e. The first-order chi connectivity index (χ1) is 10.7. The van der Waals surface area contributed by atoms with Crippen molar-refractivity contribution in [1.82, 2.24) is 20.2 Å². The van der Waals surface area contributed by atoms with Gasteiger partial charge in [0, 0.05) is 19.1 Å². The standard InChI is InChI=1S/C15H18N4O3/c20-13(21)8-19-14(10-5-6-16-9-17-7-10)18-12-4-2-1-3-11(12)15(19)22/h1-4,10,16-17H,5-9H2,(H,20,21). The van der Waals surface area contributed by atoms with Crippen LogP contribution in [-0.4, -0.2) is 40.4 Å². The van der Waals surface area contributed by atoms with Crippen LogP contribution < -0.4 is 16.2 Å². The van der Waals surface area contributed by atoms with Crippen LogP contribution in [0.25, 0.3) is 10.9 Å². The summed E-state index contributed by atoms with van der Waals surface area (Å²) >= 11 is 0. The SMILES string of the molecule is O=C(O)Cn1c(C2CCNCNC2)nc2ccccc2c1=O. The van der Waals surface area contributed by atoms with Gasteiger partial charge in [0.1, 0.15) is 12.4 Å². The van der Waals surface area contributed by atoms with Crippen LogP contribution in [0.2, 0.25) is 0 Å². The number of fused-ring (bicyclic) bond motifs is 1. The van der Waals surface area contributed by atoms with Gasteiger partial charge in [-0.15, -0.1) is 0 Å². The van der Waals surface area contributed by atoms with E-state index in [9.17, 15) is 9.59 Å². The average molecular weight is 302 g/mol. The molecule has 0 bridgehead atoms. The van der Waals surface area contributed by atoms with Crippen LogP contribution in [0.1, 0.15) is 18.2 Å². The number of rotatable bonds is 3. The molecule has 1 aromatic carbocycles. The predicted molar refractivity (Wildman–Crippen MR) is 81.9 cm³/mol. The second-order valence-electron chi connectivity index (χ2n) is 5.39. The number of aromatic nitrogens is 2. The molecule has 1 aromatic heterocycles. The molecule has 1 aliphatic rings. The van der Waals surface area contributed by atoms with Gasteiger partial charge in [-0.05, 0) is 25.1 Å². The summed E-state index contributed by atoms with van der Waals surface area (Å²) < 4.78 is 1.29. The van der Waals surface area contributed by atoms with Gasteiger partial charge < -0.3 is 15.7 Å². The monoisotopic (exact) mass is 302 g/mol. The van der Waals surface area contributed by atoms with Crippen LogP contribution in [0.4, 0.5) is 0 Å². The number of aliphatic carboxylic acids is 1. The first kappa shape index (κ1) is 14.7. The fourth-order valence-corrected chi connectivity index (χ4v) is 2.81. The summed E-state index contributed by atoms with van der Waals surface area (Å²) in [6.45, 7) is 1.80. The highest BCUT2D eigenvalue weighted by molar-refractivity contribution is 5.78. The van der Waals surface area contributed by atoms with E-state index in [1.807, 2.05) is 6.07 Å². The average Bonchev–Trinajstić information content (AvgIpc) is 2.79. The van der Waals surface area contributed by atoms with E-state index in [4.69, 9.17) is 5.11 Å². The van der Waals surface area contributed by atoms with E-state index in [0.717, 1.165) is 13.0 Å². The summed E-state index contributed by atoms with van der Waals surface area (Å²) in [5, 5.41) is 16.0. The molecule has 1 unspecified atom stereocenters. The topological polar surface area (TPSA) is 96.2 Å². The molecule has 22 heavy (non-hydrogen) atoms. The second kappa shape index (κ2) is 6.25. The van der Waals surface area contributed by atoms with Gasteiger partial charge in [0.15, 0.2) is 0 Å². The maximum atomic E-state index is 12.6. The molecule has 1 saturated heterocycles. The zero-order valence-corrected chi connectivity index (χ0v) is 12.1. The lowest BCUT2D eigenvalue weighted by molar-refractivity contribution is -0.137. The Labute approximate surface area is 127 Å². The van der Waals surface area contributed by atoms with E-state index >= 15 is 0 Å². The molecule has 3 N–H and O–H groups in total. The molecule has 0 amide bonds. The Morgan fingerprint density at radius 1 is 1.36 bits per heavy atom. The van der Waals surface area contributed by atoms with Crippen molar-refractivity contribution < 1.29 is 9.90 Å². The summed E-state index contributed by atoms with van der Waals surface area (Å²) in [6, 6.07) is 7.05. The second-order valence-corrected chi connectivity index (χ2v) is 5.39. The first-order valence-corrected chi connectivity index (χ1v) is 7.29. The van der Waals surface area contributed by atoms with Crippen molar-refractivity contribution in [3.05, 3.63) is 40.4 Å². The van der Waals surface area contributed by atoms with Crippen molar-refractivity contribution in [2.45, 2.75) is 18.9 Å². The van der Waals surface area contributed by atoms with Gasteiger partial charge in [-0.25, -0.2) is 4.98 Å². The van der Waals surface area contributed by atoms with Crippen molar-refractivity contribution in [2.75, 3.05) is 19.8 Å². The first-order valence-electron chi connectivity index (χ1n) is 7.29. The number of carboxylic acid groups (broad SMARTS) is 1. The molecule has 3 rings (SSSR count). The van der Waals surface area contributed by atoms with Gasteiger partial charge in [-0.3, -0.25) is 14.2 Å². The minimum atomic E-state index is -1.04. The van der Waals surface area contributed by atoms with Gasteiger partial charge in [0.25, 0.3) is 5.56 Å². The molecule has 1 atom stereocenters. The quantitative estimate of drug-likeness (QED) is 0.744. The predicted octanol–water partition coefficient (Wildman–Crippen LogP) is 0.105. The number of benzene rings is 1. The van der Waals surface area contributed by atoms with Crippen LogP contribution in [0.15, 0.2) is 29.1 Å². The number of para-hydroxylation sites is 1. The maximum absolute atomic E-state index is 12.6. The van der Waals surface area contributed by atoms with Crippen LogP contribution >= 0.6 is 0 Å². The van der Waals surface area contributed by atoms with Gasteiger partial charge >= 0.3 is 5.97 Å². The molecule has 0 saturated carbocycles. The van der Waals surface area contributed by atoms with E-state index < -0.39 is 5.97 Å². The van der Waals surface area contributed by atoms with E-state index in [0.29, 0.717) is 29.9 Å². The molecular formula is C15H18N4O3. The normalized spacial score (nSPS) is 19.0. The third-order valence-electron chi connectivity index (χ3n) is 3.86. The zero-order chi connectivity index (χ0) is 15.5. The molecule has 2 aromatic rings. The van der Waals surface area contributed by atoms with Crippen LogP contribution in [-0.2, 0) is 11.3 Å². The third-order valence-corrected chi connectivity index (χ3v) is 3.86. The minimum absolute atomic E-state index is 0.00616. The molecule has 116 valence electrons. The van der Waals surface area contributed by atoms with Gasteiger partial charge in [0.2, 0.25) is 0 Å². The zero-order valence-electron chi connectivity index (χ0n) is 12.1. The Morgan fingerprint density at radius 3 is 3.00 bits per heavy atom. The molecule has 2 heterocycles. The molecule has 7 heteroatoms. The van der Waals surface area contributed by atoms with E-state index in [2.05, 4.69) is 15.6 Å². The number of hydrogen-bond acceptors (Lipinski definition) is 5. The number of hydrogen-bond donors (Lipinski definition) is 3. The Kier molecular flexibility index (Phi) is 4.17. The van der Waals surface area contributed by atoms with Crippen molar-refractivity contribution >= 4 is 16.9 Å². The number of carbonyl (C=O) groups is 1. The van der Waals surface area contributed by atoms with Crippen molar-refractivity contribution in [1.29, 1.82) is 0 Å². The molecule has 1 fully saturated rings. The number of nitrogens with zero attached hydrogens (tertiary/aromatic N) is 2. The number of carboxylic acids is 1. The van der Waals surface area contributed by atoms with Crippen LogP contribution in [0.5, 0.6) is 0 Å². The summed E-state index contributed by atoms with van der Waals surface area (Å²) in [7, 11) is 0. The summed E-state index contributed by atoms with van der Waals surface area (Å²) in [5.74, 6) is -0.492. The lowest BCUT2D eigenvalue weighted by Gasteiger charge is -2.19. The van der Waals surface area contributed by atoms with E-state index in [1.54, 1.807) is 18.2 Å². The Balaban J connectivity index is 2.17. The highest BCUT2D eigenvalue weighted by Gasteiger charge is 2.22. The minimum Gasteiger partial charge on any atom is -0.480 e. The van der Waals surface area contributed by atoms with Gasteiger partial charge in [0.05, 0.1) is 10.9 Å². The van der Waals surface area contributed by atoms with Crippen LogP contribution in [0, 0.1) is 0 Å².